The van der Waals surface area contributed by atoms with Crippen molar-refractivity contribution in [2.75, 3.05) is 17.7 Å². The first-order valence-electron chi connectivity index (χ1n) is 6.19. The van der Waals surface area contributed by atoms with E-state index in [9.17, 15) is 5.11 Å². The van der Waals surface area contributed by atoms with Crippen LogP contribution in [0.1, 0.15) is 32.9 Å². The summed E-state index contributed by atoms with van der Waals surface area (Å²) in [5.74, 6) is 1.14. The molecule has 17 heavy (non-hydrogen) atoms. The van der Waals surface area contributed by atoms with Crippen LogP contribution in [0.2, 0.25) is 0 Å². The van der Waals surface area contributed by atoms with Crippen LogP contribution >= 0.6 is 0 Å². The molecular formula is C12H24N4O. The number of nitrogen functional groups attached to an aromatic ring is 1. The average molecular weight is 240 g/mol. The highest BCUT2D eigenvalue weighted by Crippen LogP contribution is 2.24. The third-order valence-electron chi connectivity index (χ3n) is 2.97. The third kappa shape index (κ3) is 3.12. The first-order valence-corrected chi connectivity index (χ1v) is 6.19. The van der Waals surface area contributed by atoms with E-state index in [0.29, 0.717) is 11.6 Å². The van der Waals surface area contributed by atoms with Gasteiger partial charge in [-0.2, -0.15) is 5.10 Å². The van der Waals surface area contributed by atoms with Gasteiger partial charge in [0.25, 0.3) is 0 Å². The Balaban J connectivity index is 2.90. The van der Waals surface area contributed by atoms with Crippen LogP contribution in [-0.4, -0.2) is 27.5 Å². The molecule has 5 nitrogen and oxygen atoms in total. The predicted molar refractivity (Wildman–Crippen MR) is 70.9 cm³/mol. The highest BCUT2D eigenvalue weighted by molar-refractivity contribution is 5.65. The lowest BCUT2D eigenvalue weighted by Crippen LogP contribution is -2.30. The molecule has 0 saturated carbocycles. The fourth-order valence-corrected chi connectivity index (χ4v) is 1.79. The zero-order valence-electron chi connectivity index (χ0n) is 11.2. The van der Waals surface area contributed by atoms with Gasteiger partial charge in [-0.1, -0.05) is 27.2 Å². The van der Waals surface area contributed by atoms with Gasteiger partial charge in [-0.25, -0.2) is 0 Å². The molecule has 4 N–H and O–H groups in total. The van der Waals surface area contributed by atoms with E-state index in [1.54, 1.807) is 4.68 Å². The molecule has 0 saturated heterocycles. The van der Waals surface area contributed by atoms with E-state index >= 15 is 0 Å². The molecule has 1 aromatic heterocycles. The van der Waals surface area contributed by atoms with E-state index in [1.165, 1.54) is 0 Å². The number of nitrogens with two attached hydrogens (primary N) is 1. The lowest BCUT2D eigenvalue weighted by Gasteiger charge is -2.21. The molecule has 0 aromatic carbocycles. The van der Waals surface area contributed by atoms with Crippen molar-refractivity contribution in [3.8, 4) is 0 Å². The van der Waals surface area contributed by atoms with E-state index in [2.05, 4.69) is 31.2 Å². The van der Waals surface area contributed by atoms with Gasteiger partial charge in [0.1, 0.15) is 5.82 Å². The minimum atomic E-state index is 0.00202. The number of hydrogen-bond acceptors (Lipinski definition) is 4. The number of aliphatic hydroxyl groups is 1. The van der Waals surface area contributed by atoms with Crippen LogP contribution in [-0.2, 0) is 13.5 Å². The minimum absolute atomic E-state index is 0.00202. The molecule has 5 heteroatoms. The van der Waals surface area contributed by atoms with E-state index in [1.807, 2.05) is 7.05 Å². The fourth-order valence-electron chi connectivity index (χ4n) is 1.79. The predicted octanol–water partition coefficient (Wildman–Crippen LogP) is 1.38. The quantitative estimate of drug-likeness (QED) is 0.702. The third-order valence-corrected chi connectivity index (χ3v) is 2.97. The monoisotopic (exact) mass is 240 g/mol. The highest BCUT2D eigenvalue weighted by Gasteiger charge is 2.18. The van der Waals surface area contributed by atoms with Crippen molar-refractivity contribution in [3.05, 3.63) is 5.69 Å². The molecule has 1 aromatic rings. The van der Waals surface area contributed by atoms with Gasteiger partial charge in [0.15, 0.2) is 0 Å². The maximum Gasteiger partial charge on any atom is 0.148 e. The Morgan fingerprint density at radius 1 is 1.47 bits per heavy atom. The van der Waals surface area contributed by atoms with Crippen LogP contribution in [0.3, 0.4) is 0 Å². The molecule has 98 valence electrons. The summed E-state index contributed by atoms with van der Waals surface area (Å²) in [5.41, 5.74) is 7.70. The number of aryl methyl sites for hydroxylation is 2. The Hall–Kier alpha value is -1.23. The van der Waals surface area contributed by atoms with Gasteiger partial charge in [-0.15, -0.1) is 0 Å². The van der Waals surface area contributed by atoms with Crippen molar-refractivity contribution in [2.45, 2.75) is 39.7 Å². The Kier molecular flexibility index (Phi) is 4.81. The molecule has 0 unspecified atom stereocenters. The van der Waals surface area contributed by atoms with Crippen molar-refractivity contribution in [1.82, 2.24) is 9.78 Å². The minimum Gasteiger partial charge on any atom is -0.394 e. The first-order chi connectivity index (χ1) is 8.01. The number of rotatable bonds is 6. The number of anilines is 2. The summed E-state index contributed by atoms with van der Waals surface area (Å²) in [6.45, 7) is 6.32. The second-order valence-corrected chi connectivity index (χ2v) is 4.76. The summed E-state index contributed by atoms with van der Waals surface area (Å²) in [6, 6.07) is 0.00202. The zero-order valence-corrected chi connectivity index (χ0v) is 11.2. The van der Waals surface area contributed by atoms with E-state index in [0.717, 1.165) is 24.4 Å². The normalized spacial score (nSPS) is 13.1. The van der Waals surface area contributed by atoms with Crippen LogP contribution in [0, 0.1) is 5.92 Å². The molecule has 1 rings (SSSR count). The van der Waals surface area contributed by atoms with Crippen LogP contribution in [0.25, 0.3) is 0 Å². The summed E-state index contributed by atoms with van der Waals surface area (Å²) in [5, 5.41) is 17.0. The van der Waals surface area contributed by atoms with Gasteiger partial charge >= 0.3 is 0 Å². The van der Waals surface area contributed by atoms with Gasteiger partial charge in [0.05, 0.1) is 24.0 Å². The summed E-state index contributed by atoms with van der Waals surface area (Å²) < 4.78 is 1.76. The standard InChI is InChI=1S/C12H24N4O/c1-5-6-9-11(13)12(16(4)15-9)14-10(7-17)8(2)3/h8,10,14,17H,5-7,13H2,1-4H3/t10-/m1/s1. The Morgan fingerprint density at radius 2 is 2.12 bits per heavy atom. The fraction of sp³-hybridized carbons (Fsp3) is 0.750. The second-order valence-electron chi connectivity index (χ2n) is 4.76. The highest BCUT2D eigenvalue weighted by atomic mass is 16.3. The maximum atomic E-state index is 9.32. The molecule has 0 aliphatic carbocycles. The molecule has 0 aliphatic heterocycles. The Labute approximate surface area is 103 Å². The SMILES string of the molecule is CCCc1nn(C)c(N[C@H](CO)C(C)C)c1N. The van der Waals surface area contributed by atoms with Crippen LogP contribution in [0.5, 0.6) is 0 Å². The molecule has 0 aliphatic rings. The van der Waals surface area contributed by atoms with Crippen LogP contribution in [0.4, 0.5) is 11.5 Å². The molecule has 0 bridgehead atoms. The molecule has 0 radical (unpaired) electrons. The van der Waals surface area contributed by atoms with Gasteiger partial charge < -0.3 is 16.2 Å². The molecule has 1 atom stereocenters. The van der Waals surface area contributed by atoms with E-state index < -0.39 is 0 Å². The molecular weight excluding hydrogens is 216 g/mol. The molecule has 0 spiro atoms. The zero-order chi connectivity index (χ0) is 13.0. The van der Waals surface area contributed by atoms with Crippen molar-refractivity contribution in [3.63, 3.8) is 0 Å². The first kappa shape index (κ1) is 13.8. The topological polar surface area (TPSA) is 76.1 Å². The summed E-state index contributed by atoms with van der Waals surface area (Å²) in [4.78, 5) is 0. The van der Waals surface area contributed by atoms with Crippen molar-refractivity contribution >= 4 is 11.5 Å². The Morgan fingerprint density at radius 3 is 2.59 bits per heavy atom. The average Bonchev–Trinajstić information content (AvgIpc) is 2.52. The number of hydrogen-bond donors (Lipinski definition) is 3. The van der Waals surface area contributed by atoms with Gasteiger partial charge in [0, 0.05) is 7.05 Å². The molecule has 0 amide bonds. The number of aliphatic hydroxyl groups excluding tert-OH is 1. The summed E-state index contributed by atoms with van der Waals surface area (Å²) >= 11 is 0. The number of nitrogens with one attached hydrogen (secondary N) is 1. The molecule has 0 fully saturated rings. The summed E-state index contributed by atoms with van der Waals surface area (Å²) in [6.07, 6.45) is 1.90. The van der Waals surface area contributed by atoms with Gasteiger partial charge in [-0.3, -0.25) is 4.68 Å². The van der Waals surface area contributed by atoms with Crippen LogP contribution < -0.4 is 11.1 Å². The van der Waals surface area contributed by atoms with Crippen molar-refractivity contribution < 1.29 is 5.11 Å². The van der Waals surface area contributed by atoms with Gasteiger partial charge in [0.2, 0.25) is 0 Å². The van der Waals surface area contributed by atoms with Gasteiger partial charge in [-0.05, 0) is 12.3 Å². The molecule has 1 heterocycles. The summed E-state index contributed by atoms with van der Waals surface area (Å²) in [7, 11) is 1.87. The second kappa shape index (κ2) is 5.91. The van der Waals surface area contributed by atoms with Crippen molar-refractivity contribution in [2.24, 2.45) is 13.0 Å². The smallest absolute Gasteiger partial charge is 0.148 e. The number of nitrogens with zero attached hydrogens (tertiary/aromatic N) is 2. The lowest BCUT2D eigenvalue weighted by molar-refractivity contribution is 0.248. The van der Waals surface area contributed by atoms with E-state index in [4.69, 9.17) is 5.73 Å². The van der Waals surface area contributed by atoms with Crippen LogP contribution in [0.15, 0.2) is 0 Å². The lowest BCUT2D eigenvalue weighted by atomic mass is 10.1. The largest absolute Gasteiger partial charge is 0.394 e. The number of aromatic nitrogens is 2. The Bertz CT molecular complexity index is 360. The van der Waals surface area contributed by atoms with Crippen molar-refractivity contribution in [1.29, 1.82) is 0 Å². The maximum absolute atomic E-state index is 9.32. The van der Waals surface area contributed by atoms with E-state index in [-0.39, 0.29) is 12.6 Å².